The van der Waals surface area contributed by atoms with E-state index in [1.807, 2.05) is 24.3 Å². The molecule has 3 nitrogen and oxygen atoms in total. The number of anilines is 1. The second-order valence-corrected chi connectivity index (χ2v) is 4.08. The number of hydrogen-bond acceptors (Lipinski definition) is 3. The first-order chi connectivity index (χ1) is 6.03. The summed E-state index contributed by atoms with van der Waals surface area (Å²) in [6.45, 7) is 6.37. The molecule has 1 rings (SSSR count). The second kappa shape index (κ2) is 4.86. The Labute approximate surface area is 86.1 Å². The van der Waals surface area contributed by atoms with Crippen LogP contribution in [0.15, 0.2) is 24.3 Å². The number of methoxy groups -OCH3 is 1. The van der Waals surface area contributed by atoms with Crippen molar-refractivity contribution >= 4 is 5.69 Å². The van der Waals surface area contributed by atoms with Crippen molar-refractivity contribution in [3.63, 3.8) is 0 Å². The Morgan fingerprint density at radius 3 is 2.21 bits per heavy atom. The summed E-state index contributed by atoms with van der Waals surface area (Å²) in [7, 11) is 1.68. The molecule has 0 saturated carbocycles. The van der Waals surface area contributed by atoms with Gasteiger partial charge in [-0.05, 0) is 32.9 Å². The van der Waals surface area contributed by atoms with E-state index < -0.39 is 0 Å². The lowest BCUT2D eigenvalue weighted by Crippen LogP contribution is -2.26. The molecule has 14 heavy (non-hydrogen) atoms. The fraction of sp³-hybridized carbons (Fsp3) is 0.455. The maximum Gasteiger partial charge on any atom is 0.141 e. The highest BCUT2D eigenvalue weighted by molar-refractivity contribution is 5.57. The van der Waals surface area contributed by atoms with Crippen LogP contribution in [-0.4, -0.2) is 12.6 Å². The van der Waals surface area contributed by atoms with Crippen LogP contribution in [0.4, 0.5) is 5.69 Å². The van der Waals surface area contributed by atoms with Crippen molar-refractivity contribution in [3.8, 4) is 5.75 Å². The zero-order valence-corrected chi connectivity index (χ0v) is 9.42. The van der Waals surface area contributed by atoms with Crippen LogP contribution in [0, 0.1) is 0 Å². The molecule has 1 aromatic carbocycles. The second-order valence-electron chi connectivity index (χ2n) is 4.08. The fourth-order valence-electron chi connectivity index (χ4n) is 1.15. The predicted octanol–water partition coefficient (Wildman–Crippen LogP) is 3.07. The molecular formula is C11H20N2O. The first-order valence-corrected chi connectivity index (χ1v) is 4.44. The van der Waals surface area contributed by atoms with Gasteiger partial charge in [-0.1, -0.05) is 12.1 Å². The van der Waals surface area contributed by atoms with E-state index in [1.165, 1.54) is 0 Å². The van der Waals surface area contributed by atoms with Crippen LogP contribution >= 0.6 is 0 Å². The van der Waals surface area contributed by atoms with Gasteiger partial charge in [-0.25, -0.2) is 0 Å². The Morgan fingerprint density at radius 1 is 1.14 bits per heavy atom. The van der Waals surface area contributed by atoms with Crippen molar-refractivity contribution in [2.24, 2.45) is 0 Å². The van der Waals surface area contributed by atoms with E-state index in [9.17, 15) is 0 Å². The van der Waals surface area contributed by atoms with Crippen molar-refractivity contribution in [2.75, 3.05) is 12.4 Å². The van der Waals surface area contributed by atoms with Gasteiger partial charge in [0.15, 0.2) is 0 Å². The highest BCUT2D eigenvalue weighted by atomic mass is 16.5. The number of hydrogen-bond donors (Lipinski definition) is 2. The van der Waals surface area contributed by atoms with Gasteiger partial charge in [0.05, 0.1) is 12.8 Å². The van der Waals surface area contributed by atoms with Gasteiger partial charge in [-0.3, -0.25) is 0 Å². The minimum absolute atomic E-state index is 0. The average Bonchev–Trinajstić information content (AvgIpc) is 2.02. The Kier molecular flexibility index (Phi) is 4.44. The van der Waals surface area contributed by atoms with Gasteiger partial charge in [-0.15, -0.1) is 0 Å². The lowest BCUT2D eigenvalue weighted by molar-refractivity contribution is 0.415. The third kappa shape index (κ3) is 3.66. The molecule has 1 aromatic rings. The molecule has 0 unspecified atom stereocenters. The smallest absolute Gasteiger partial charge is 0.141 e. The number of ether oxygens (including phenoxy) is 1. The van der Waals surface area contributed by atoms with E-state index in [-0.39, 0.29) is 11.7 Å². The number of nitrogens with one attached hydrogen (secondary N) is 1. The summed E-state index contributed by atoms with van der Waals surface area (Å²) in [6.07, 6.45) is 0. The van der Waals surface area contributed by atoms with E-state index in [0.29, 0.717) is 0 Å². The van der Waals surface area contributed by atoms with Gasteiger partial charge in [0.1, 0.15) is 5.75 Å². The van der Waals surface area contributed by atoms with Gasteiger partial charge < -0.3 is 16.2 Å². The summed E-state index contributed by atoms with van der Waals surface area (Å²) in [5, 5.41) is 3.38. The highest BCUT2D eigenvalue weighted by Gasteiger charge is 2.11. The molecule has 0 aliphatic rings. The summed E-state index contributed by atoms with van der Waals surface area (Å²) < 4.78 is 5.23. The van der Waals surface area contributed by atoms with Gasteiger partial charge in [0, 0.05) is 5.54 Å². The molecule has 0 saturated heterocycles. The Balaban J connectivity index is 0.00000169. The maximum absolute atomic E-state index is 5.23. The quantitative estimate of drug-likeness (QED) is 0.764. The van der Waals surface area contributed by atoms with Crippen LogP contribution in [0.5, 0.6) is 5.75 Å². The van der Waals surface area contributed by atoms with Crippen LogP contribution in [0.2, 0.25) is 0 Å². The molecule has 0 radical (unpaired) electrons. The average molecular weight is 196 g/mol. The van der Waals surface area contributed by atoms with Crippen molar-refractivity contribution < 1.29 is 4.74 Å². The molecule has 4 N–H and O–H groups in total. The number of para-hydroxylation sites is 2. The van der Waals surface area contributed by atoms with Crippen LogP contribution in [-0.2, 0) is 0 Å². The Bertz CT molecular complexity index is 279. The summed E-state index contributed by atoms with van der Waals surface area (Å²) in [6, 6.07) is 7.93. The van der Waals surface area contributed by atoms with Gasteiger partial charge in [-0.2, -0.15) is 0 Å². The van der Waals surface area contributed by atoms with Crippen molar-refractivity contribution in [1.82, 2.24) is 6.15 Å². The first-order valence-electron chi connectivity index (χ1n) is 4.44. The molecule has 0 heterocycles. The first kappa shape index (κ1) is 12.8. The van der Waals surface area contributed by atoms with Gasteiger partial charge in [0.25, 0.3) is 0 Å². The van der Waals surface area contributed by atoms with E-state index in [2.05, 4.69) is 26.1 Å². The fourth-order valence-corrected chi connectivity index (χ4v) is 1.15. The number of rotatable bonds is 2. The third-order valence-electron chi connectivity index (χ3n) is 1.62. The monoisotopic (exact) mass is 196 g/mol. The lowest BCUT2D eigenvalue weighted by atomic mass is 10.1. The van der Waals surface area contributed by atoms with Crippen LogP contribution in [0.25, 0.3) is 0 Å². The molecule has 0 bridgehead atoms. The minimum atomic E-state index is 0. The van der Waals surface area contributed by atoms with Crippen LogP contribution in [0.3, 0.4) is 0 Å². The van der Waals surface area contributed by atoms with Crippen molar-refractivity contribution in [1.29, 1.82) is 0 Å². The minimum Gasteiger partial charge on any atom is -0.495 e. The molecule has 0 aliphatic heterocycles. The van der Waals surface area contributed by atoms with Crippen LogP contribution < -0.4 is 16.2 Å². The van der Waals surface area contributed by atoms with E-state index in [4.69, 9.17) is 4.74 Å². The lowest BCUT2D eigenvalue weighted by Gasteiger charge is -2.23. The topological polar surface area (TPSA) is 56.3 Å². The molecule has 0 aromatic heterocycles. The standard InChI is InChI=1S/C11H17NO.H3N/c1-11(2,3)12-9-7-5-6-8-10(9)13-4;/h5-8,12H,1-4H3;1H3. The van der Waals surface area contributed by atoms with E-state index in [1.54, 1.807) is 7.11 Å². The molecule has 0 amide bonds. The van der Waals surface area contributed by atoms with Crippen LogP contribution in [0.1, 0.15) is 20.8 Å². The van der Waals surface area contributed by atoms with E-state index in [0.717, 1.165) is 11.4 Å². The summed E-state index contributed by atoms with van der Waals surface area (Å²) in [5.74, 6) is 0.887. The molecule has 0 fully saturated rings. The van der Waals surface area contributed by atoms with Crippen molar-refractivity contribution in [2.45, 2.75) is 26.3 Å². The number of benzene rings is 1. The molecule has 0 atom stereocenters. The van der Waals surface area contributed by atoms with E-state index >= 15 is 0 Å². The van der Waals surface area contributed by atoms with Gasteiger partial charge >= 0.3 is 0 Å². The largest absolute Gasteiger partial charge is 0.495 e. The SMILES string of the molecule is COc1ccccc1NC(C)(C)C.N. The predicted molar refractivity (Wildman–Crippen MR) is 61.4 cm³/mol. The highest BCUT2D eigenvalue weighted by Crippen LogP contribution is 2.25. The Hall–Kier alpha value is -1.22. The maximum atomic E-state index is 5.23. The van der Waals surface area contributed by atoms with Crippen molar-refractivity contribution in [3.05, 3.63) is 24.3 Å². The molecule has 3 heteroatoms. The summed E-state index contributed by atoms with van der Waals surface area (Å²) in [5.41, 5.74) is 1.10. The molecular weight excluding hydrogens is 176 g/mol. The van der Waals surface area contributed by atoms with Gasteiger partial charge in [0.2, 0.25) is 0 Å². The summed E-state index contributed by atoms with van der Waals surface area (Å²) in [4.78, 5) is 0. The Morgan fingerprint density at radius 2 is 1.71 bits per heavy atom. The zero-order chi connectivity index (χ0) is 9.90. The normalized spacial score (nSPS) is 10.3. The molecule has 0 aliphatic carbocycles. The zero-order valence-electron chi connectivity index (χ0n) is 9.42. The summed E-state index contributed by atoms with van der Waals surface area (Å²) >= 11 is 0. The molecule has 0 spiro atoms. The third-order valence-corrected chi connectivity index (χ3v) is 1.62. The molecule has 80 valence electrons.